The maximum Gasteiger partial charge on any atom is 0.306 e. The number of unbranched alkanes of at least 4 members (excludes halogenated alkanes) is 1. The lowest BCUT2D eigenvalue weighted by molar-refractivity contribution is -0.145. The van der Waals surface area contributed by atoms with Crippen molar-refractivity contribution in [3.05, 3.63) is 29.8 Å². The Morgan fingerprint density at radius 2 is 1.81 bits per heavy atom. The Labute approximate surface area is 159 Å². The molecule has 148 valence electrons. The highest BCUT2D eigenvalue weighted by Crippen LogP contribution is 2.18. The van der Waals surface area contributed by atoms with E-state index in [-0.39, 0.29) is 24.3 Å². The number of likely N-dealkylation sites (tertiary alicyclic amines) is 1. The van der Waals surface area contributed by atoms with Crippen LogP contribution in [-0.4, -0.2) is 66.0 Å². The van der Waals surface area contributed by atoms with E-state index < -0.39 is 5.97 Å². The summed E-state index contributed by atoms with van der Waals surface area (Å²) in [6.07, 6.45) is 2.95. The van der Waals surface area contributed by atoms with Gasteiger partial charge in [0.15, 0.2) is 0 Å². The fraction of sp³-hybridized carbons (Fsp3) is 0.550. The summed E-state index contributed by atoms with van der Waals surface area (Å²) < 4.78 is 5.58. The van der Waals surface area contributed by atoms with Crippen LogP contribution >= 0.6 is 0 Å². The number of carboxylic acid groups (broad SMARTS) is 1. The minimum Gasteiger partial charge on any atom is -0.494 e. The van der Waals surface area contributed by atoms with Gasteiger partial charge in [-0.25, -0.2) is 0 Å². The van der Waals surface area contributed by atoms with Crippen LogP contribution < -0.4 is 4.74 Å². The van der Waals surface area contributed by atoms with Gasteiger partial charge in [0.2, 0.25) is 5.91 Å². The van der Waals surface area contributed by atoms with Crippen molar-refractivity contribution >= 4 is 17.8 Å². The van der Waals surface area contributed by atoms with E-state index in [1.807, 2.05) is 0 Å². The summed E-state index contributed by atoms with van der Waals surface area (Å²) in [6.45, 7) is 3.56. The first kappa shape index (κ1) is 20.7. The van der Waals surface area contributed by atoms with Crippen LogP contribution in [0.5, 0.6) is 5.75 Å². The fourth-order valence-corrected chi connectivity index (χ4v) is 3.00. The molecule has 1 aliphatic heterocycles. The molecule has 0 saturated carbocycles. The molecule has 2 rings (SSSR count). The average Bonchev–Trinajstić information content (AvgIpc) is 2.68. The van der Waals surface area contributed by atoms with Crippen molar-refractivity contribution in [3.63, 3.8) is 0 Å². The highest BCUT2D eigenvalue weighted by atomic mass is 16.5. The monoisotopic (exact) mass is 376 g/mol. The molecule has 0 aliphatic carbocycles. The average molecular weight is 376 g/mol. The number of carbonyl (C=O) groups is 3. The van der Waals surface area contributed by atoms with E-state index in [0.717, 1.165) is 18.6 Å². The van der Waals surface area contributed by atoms with Crippen LogP contribution in [0.1, 0.15) is 43.0 Å². The summed E-state index contributed by atoms with van der Waals surface area (Å²) in [5, 5.41) is 9.02. The first-order chi connectivity index (χ1) is 12.9. The van der Waals surface area contributed by atoms with Gasteiger partial charge in [-0.05, 0) is 43.5 Å². The molecule has 0 unspecified atom stereocenters. The molecule has 0 atom stereocenters. The predicted molar refractivity (Wildman–Crippen MR) is 101 cm³/mol. The van der Waals surface area contributed by atoms with Crippen molar-refractivity contribution < 1.29 is 24.2 Å². The number of carboxylic acids is 1. The number of hydrogen-bond donors (Lipinski definition) is 1. The molecule has 1 aromatic rings. The Kier molecular flexibility index (Phi) is 7.64. The molecule has 7 heteroatoms. The van der Waals surface area contributed by atoms with Crippen molar-refractivity contribution in [2.45, 2.75) is 32.6 Å². The van der Waals surface area contributed by atoms with Gasteiger partial charge in [-0.15, -0.1) is 0 Å². The fourth-order valence-electron chi connectivity index (χ4n) is 3.00. The number of ether oxygens (including phenoxy) is 1. The third-order valence-corrected chi connectivity index (χ3v) is 4.78. The molecule has 27 heavy (non-hydrogen) atoms. The van der Waals surface area contributed by atoms with Gasteiger partial charge < -0.3 is 19.6 Å². The van der Waals surface area contributed by atoms with Gasteiger partial charge >= 0.3 is 5.97 Å². The second-order valence-corrected chi connectivity index (χ2v) is 6.88. The van der Waals surface area contributed by atoms with Gasteiger partial charge in [0.25, 0.3) is 5.91 Å². The first-order valence-electron chi connectivity index (χ1n) is 9.41. The Morgan fingerprint density at radius 1 is 1.19 bits per heavy atom. The van der Waals surface area contributed by atoms with Crippen molar-refractivity contribution in [2.24, 2.45) is 5.92 Å². The SMILES string of the molecule is CCCCOc1ccc(C(=O)N(C)CC(=O)N2CCC(C(=O)O)CC2)cc1. The van der Waals surface area contributed by atoms with Crippen molar-refractivity contribution in [2.75, 3.05) is 33.3 Å². The lowest BCUT2D eigenvalue weighted by atomic mass is 9.97. The van der Waals surface area contributed by atoms with Gasteiger partial charge in [0, 0.05) is 25.7 Å². The zero-order valence-electron chi connectivity index (χ0n) is 16.0. The molecule has 0 bridgehead atoms. The number of aliphatic carboxylic acids is 1. The van der Waals surface area contributed by atoms with Gasteiger partial charge in [0.05, 0.1) is 19.1 Å². The van der Waals surface area contributed by atoms with E-state index in [1.165, 1.54) is 4.90 Å². The summed E-state index contributed by atoms with van der Waals surface area (Å²) in [5.74, 6) is -0.860. The summed E-state index contributed by atoms with van der Waals surface area (Å²) in [6, 6.07) is 6.91. The van der Waals surface area contributed by atoms with E-state index in [9.17, 15) is 14.4 Å². The normalized spacial score (nSPS) is 14.7. The molecule has 1 N–H and O–H groups in total. The summed E-state index contributed by atoms with van der Waals surface area (Å²) in [7, 11) is 1.59. The number of benzene rings is 1. The Balaban J connectivity index is 1.84. The maximum absolute atomic E-state index is 12.5. The number of likely N-dealkylation sites (N-methyl/N-ethyl adjacent to an activating group) is 1. The lowest BCUT2D eigenvalue weighted by Gasteiger charge is -2.31. The minimum absolute atomic E-state index is 0.0225. The van der Waals surface area contributed by atoms with E-state index >= 15 is 0 Å². The molecule has 1 saturated heterocycles. The van der Waals surface area contributed by atoms with Crippen molar-refractivity contribution in [3.8, 4) is 5.75 Å². The van der Waals surface area contributed by atoms with E-state index in [1.54, 1.807) is 36.2 Å². The Morgan fingerprint density at radius 3 is 2.37 bits per heavy atom. The van der Waals surface area contributed by atoms with Gasteiger partial charge in [-0.3, -0.25) is 14.4 Å². The highest BCUT2D eigenvalue weighted by Gasteiger charge is 2.28. The smallest absolute Gasteiger partial charge is 0.306 e. The van der Waals surface area contributed by atoms with Crippen LogP contribution in [-0.2, 0) is 9.59 Å². The molecule has 2 amide bonds. The van der Waals surface area contributed by atoms with Crippen molar-refractivity contribution in [1.82, 2.24) is 9.80 Å². The van der Waals surface area contributed by atoms with Crippen molar-refractivity contribution in [1.29, 1.82) is 0 Å². The van der Waals surface area contributed by atoms with Gasteiger partial charge in [0.1, 0.15) is 5.75 Å². The molecule has 0 spiro atoms. The van der Waals surface area contributed by atoms with E-state index in [0.29, 0.717) is 38.1 Å². The number of hydrogen-bond acceptors (Lipinski definition) is 4. The second kappa shape index (κ2) is 9.94. The molecular formula is C20H28N2O5. The second-order valence-electron chi connectivity index (χ2n) is 6.88. The first-order valence-corrected chi connectivity index (χ1v) is 9.41. The van der Waals surface area contributed by atoms with E-state index in [2.05, 4.69) is 6.92 Å². The highest BCUT2D eigenvalue weighted by molar-refractivity contribution is 5.96. The zero-order chi connectivity index (χ0) is 19.8. The van der Waals surface area contributed by atoms with Gasteiger partial charge in [-0.1, -0.05) is 13.3 Å². The van der Waals surface area contributed by atoms with Crippen LogP contribution in [0.4, 0.5) is 0 Å². The summed E-state index contributed by atoms with van der Waals surface area (Å²) >= 11 is 0. The summed E-state index contributed by atoms with van der Waals surface area (Å²) in [5.41, 5.74) is 0.498. The minimum atomic E-state index is -0.809. The molecule has 1 heterocycles. The van der Waals surface area contributed by atoms with Crippen LogP contribution in [0.15, 0.2) is 24.3 Å². The standard InChI is InChI=1S/C20H28N2O5/c1-3-4-13-27-17-7-5-15(6-8-17)19(24)21(2)14-18(23)22-11-9-16(10-12-22)20(25)26/h5-8,16H,3-4,9-14H2,1-2H3,(H,25,26). The van der Waals surface area contributed by atoms with Crippen LogP contribution in [0.25, 0.3) is 0 Å². The van der Waals surface area contributed by atoms with Crippen LogP contribution in [0.3, 0.4) is 0 Å². The number of piperidine rings is 1. The molecule has 1 fully saturated rings. The number of carbonyl (C=O) groups excluding carboxylic acids is 2. The molecule has 1 aliphatic rings. The predicted octanol–water partition coefficient (Wildman–Crippen LogP) is 2.26. The Bertz CT molecular complexity index is 651. The number of rotatable bonds is 8. The Hall–Kier alpha value is -2.57. The molecule has 0 radical (unpaired) electrons. The zero-order valence-corrected chi connectivity index (χ0v) is 16.0. The topological polar surface area (TPSA) is 87.2 Å². The lowest BCUT2D eigenvalue weighted by Crippen LogP contribution is -2.45. The maximum atomic E-state index is 12.5. The summed E-state index contributed by atoms with van der Waals surface area (Å²) in [4.78, 5) is 38.9. The quantitative estimate of drug-likeness (QED) is 0.703. The van der Waals surface area contributed by atoms with Crippen LogP contribution in [0, 0.1) is 5.92 Å². The van der Waals surface area contributed by atoms with Crippen LogP contribution in [0.2, 0.25) is 0 Å². The molecule has 7 nitrogen and oxygen atoms in total. The van der Waals surface area contributed by atoms with E-state index in [4.69, 9.17) is 9.84 Å². The molecule has 0 aromatic heterocycles. The third kappa shape index (κ3) is 5.98. The molecular weight excluding hydrogens is 348 g/mol. The third-order valence-electron chi connectivity index (χ3n) is 4.78. The largest absolute Gasteiger partial charge is 0.494 e. The number of nitrogens with zero attached hydrogens (tertiary/aromatic N) is 2. The molecule has 1 aromatic carbocycles. The van der Waals surface area contributed by atoms with Gasteiger partial charge in [-0.2, -0.15) is 0 Å². The number of amides is 2.